The molecule has 1 unspecified atom stereocenters. The maximum Gasteiger partial charge on any atom is 0.222 e. The molecule has 0 bridgehead atoms. The molecular weight excluding hydrogens is 292 g/mol. The SMILES string of the molecule is CCCN(C(=O)CC)C1COc2ccc3c(c2C1)=C(C=O)CN=3. The highest BCUT2D eigenvalue weighted by Gasteiger charge is 2.29. The summed E-state index contributed by atoms with van der Waals surface area (Å²) in [4.78, 5) is 29.9. The van der Waals surface area contributed by atoms with E-state index in [0.717, 1.165) is 47.6 Å². The zero-order chi connectivity index (χ0) is 16.4. The number of aldehydes is 1. The maximum atomic E-state index is 12.3. The lowest BCUT2D eigenvalue weighted by Crippen LogP contribution is -2.48. The van der Waals surface area contributed by atoms with Gasteiger partial charge in [0, 0.05) is 35.7 Å². The fraction of sp³-hybridized carbons (Fsp3) is 0.500. The molecule has 0 aliphatic carbocycles. The molecular formula is C18H22N2O3. The van der Waals surface area contributed by atoms with E-state index >= 15 is 0 Å². The second-order valence-electron chi connectivity index (χ2n) is 6.01. The van der Waals surface area contributed by atoms with Gasteiger partial charge in [0.2, 0.25) is 5.91 Å². The first-order valence-electron chi connectivity index (χ1n) is 8.26. The third-order valence-electron chi connectivity index (χ3n) is 4.53. The first kappa shape index (κ1) is 15.7. The molecule has 0 fully saturated rings. The molecule has 0 saturated carbocycles. The highest BCUT2D eigenvalue weighted by atomic mass is 16.5. The van der Waals surface area contributed by atoms with Crippen molar-refractivity contribution in [3.63, 3.8) is 0 Å². The summed E-state index contributed by atoms with van der Waals surface area (Å²) in [5.41, 5.74) is 1.73. The Kier molecular flexibility index (Phi) is 4.46. The van der Waals surface area contributed by atoms with Crippen molar-refractivity contribution in [3.05, 3.63) is 28.3 Å². The Balaban J connectivity index is 2.01. The molecule has 1 aromatic rings. The molecule has 2 aliphatic heterocycles. The van der Waals surface area contributed by atoms with Gasteiger partial charge in [0.1, 0.15) is 18.6 Å². The lowest BCUT2D eigenvalue weighted by Gasteiger charge is -2.35. The average molecular weight is 314 g/mol. The monoisotopic (exact) mass is 314 g/mol. The van der Waals surface area contributed by atoms with E-state index in [0.29, 0.717) is 25.1 Å². The Bertz CT molecular complexity index is 754. The predicted octanol–water partition coefficient (Wildman–Crippen LogP) is 0.622. The van der Waals surface area contributed by atoms with E-state index in [-0.39, 0.29) is 11.9 Å². The van der Waals surface area contributed by atoms with Crippen molar-refractivity contribution in [1.82, 2.24) is 4.90 Å². The van der Waals surface area contributed by atoms with Crippen molar-refractivity contribution < 1.29 is 14.3 Å². The minimum absolute atomic E-state index is 0.0231. The van der Waals surface area contributed by atoms with Crippen molar-refractivity contribution in [2.45, 2.75) is 39.2 Å². The minimum atomic E-state index is 0.0231. The predicted molar refractivity (Wildman–Crippen MR) is 86.8 cm³/mol. The van der Waals surface area contributed by atoms with Gasteiger partial charge in [0.15, 0.2) is 0 Å². The summed E-state index contributed by atoms with van der Waals surface area (Å²) in [6.07, 6.45) is 3.03. The molecule has 5 nitrogen and oxygen atoms in total. The van der Waals surface area contributed by atoms with E-state index in [2.05, 4.69) is 11.9 Å². The summed E-state index contributed by atoms with van der Waals surface area (Å²) >= 11 is 0. The molecule has 2 heterocycles. The van der Waals surface area contributed by atoms with E-state index in [1.165, 1.54) is 0 Å². The van der Waals surface area contributed by atoms with Crippen LogP contribution in [0.2, 0.25) is 0 Å². The number of amides is 1. The van der Waals surface area contributed by atoms with Gasteiger partial charge >= 0.3 is 0 Å². The number of nitrogens with zero attached hydrogens (tertiary/aromatic N) is 2. The second kappa shape index (κ2) is 6.52. The summed E-state index contributed by atoms with van der Waals surface area (Å²) in [7, 11) is 0. The van der Waals surface area contributed by atoms with E-state index in [1.807, 2.05) is 24.0 Å². The fourth-order valence-electron chi connectivity index (χ4n) is 3.43. The van der Waals surface area contributed by atoms with Gasteiger partial charge in [0.05, 0.1) is 17.9 Å². The third-order valence-corrected chi connectivity index (χ3v) is 4.53. The molecule has 0 aromatic heterocycles. The molecule has 1 aromatic carbocycles. The Morgan fingerprint density at radius 3 is 2.96 bits per heavy atom. The molecule has 122 valence electrons. The maximum absolute atomic E-state index is 12.3. The molecule has 0 spiro atoms. The zero-order valence-corrected chi connectivity index (χ0v) is 13.7. The highest BCUT2D eigenvalue weighted by molar-refractivity contribution is 6.00. The van der Waals surface area contributed by atoms with Gasteiger partial charge in [-0.2, -0.15) is 0 Å². The van der Waals surface area contributed by atoms with E-state index in [9.17, 15) is 9.59 Å². The average Bonchev–Trinajstić information content (AvgIpc) is 3.02. The molecule has 1 atom stereocenters. The zero-order valence-electron chi connectivity index (χ0n) is 13.7. The van der Waals surface area contributed by atoms with Gasteiger partial charge in [-0.1, -0.05) is 13.8 Å². The Labute approximate surface area is 135 Å². The summed E-state index contributed by atoms with van der Waals surface area (Å²) < 4.78 is 5.91. The summed E-state index contributed by atoms with van der Waals surface area (Å²) in [6.45, 7) is 5.64. The summed E-state index contributed by atoms with van der Waals surface area (Å²) in [6, 6.07) is 3.86. The number of carbonyl (C=O) groups is 2. The van der Waals surface area contributed by atoms with Gasteiger partial charge in [0.25, 0.3) is 0 Å². The van der Waals surface area contributed by atoms with Crippen LogP contribution in [0.5, 0.6) is 5.75 Å². The Morgan fingerprint density at radius 2 is 2.26 bits per heavy atom. The quantitative estimate of drug-likeness (QED) is 0.749. The molecule has 0 saturated heterocycles. The highest BCUT2D eigenvalue weighted by Crippen LogP contribution is 2.24. The number of fused-ring (bicyclic) bond motifs is 3. The molecule has 5 heteroatoms. The Hall–Kier alpha value is -2.17. The van der Waals surface area contributed by atoms with E-state index in [1.54, 1.807) is 0 Å². The van der Waals surface area contributed by atoms with E-state index in [4.69, 9.17) is 4.74 Å². The lowest BCUT2D eigenvalue weighted by molar-refractivity contribution is -0.134. The van der Waals surface area contributed by atoms with Crippen LogP contribution in [0.1, 0.15) is 32.3 Å². The van der Waals surface area contributed by atoms with Gasteiger partial charge in [-0.05, 0) is 18.6 Å². The van der Waals surface area contributed by atoms with Gasteiger partial charge in [-0.15, -0.1) is 0 Å². The van der Waals surface area contributed by atoms with Crippen LogP contribution in [0, 0.1) is 0 Å². The van der Waals surface area contributed by atoms with Gasteiger partial charge < -0.3 is 9.64 Å². The number of rotatable bonds is 5. The molecule has 23 heavy (non-hydrogen) atoms. The van der Waals surface area contributed by atoms with Crippen LogP contribution in [0.4, 0.5) is 0 Å². The topological polar surface area (TPSA) is 59.0 Å². The smallest absolute Gasteiger partial charge is 0.222 e. The number of hydrogen-bond acceptors (Lipinski definition) is 4. The van der Waals surface area contributed by atoms with Crippen LogP contribution in [0.3, 0.4) is 0 Å². The normalized spacial score (nSPS) is 18.5. The summed E-state index contributed by atoms with van der Waals surface area (Å²) in [5.74, 6) is 0.970. The minimum Gasteiger partial charge on any atom is -0.491 e. The van der Waals surface area contributed by atoms with Crippen molar-refractivity contribution >= 4 is 17.8 Å². The number of benzene rings is 1. The molecule has 3 rings (SSSR count). The number of hydrogen-bond donors (Lipinski definition) is 0. The van der Waals surface area contributed by atoms with Crippen LogP contribution in [-0.4, -0.2) is 42.8 Å². The van der Waals surface area contributed by atoms with Gasteiger partial charge in [-0.3, -0.25) is 14.6 Å². The van der Waals surface area contributed by atoms with Crippen LogP contribution in [0.25, 0.3) is 5.57 Å². The molecule has 0 radical (unpaired) electrons. The first-order chi connectivity index (χ1) is 11.2. The van der Waals surface area contributed by atoms with Crippen molar-refractivity contribution in [3.8, 4) is 5.75 Å². The molecule has 1 amide bonds. The first-order valence-corrected chi connectivity index (χ1v) is 8.26. The van der Waals surface area contributed by atoms with E-state index < -0.39 is 0 Å². The van der Waals surface area contributed by atoms with Crippen LogP contribution in [-0.2, 0) is 16.0 Å². The summed E-state index contributed by atoms with van der Waals surface area (Å²) in [5, 5.41) is 1.78. The molecule has 2 aliphatic rings. The standard InChI is InChI=1S/C18H22N2O3/c1-3-7-20(17(22)4-2)13-8-14-16(23-11-13)6-5-15-18(14)12(10-21)9-19-15/h5-6,10,13H,3-4,7-9,11H2,1-2H3. The van der Waals surface area contributed by atoms with Gasteiger partial charge in [-0.25, -0.2) is 0 Å². The van der Waals surface area contributed by atoms with Crippen molar-refractivity contribution in [1.29, 1.82) is 0 Å². The van der Waals surface area contributed by atoms with Crippen molar-refractivity contribution in [2.75, 3.05) is 19.7 Å². The largest absolute Gasteiger partial charge is 0.491 e. The Morgan fingerprint density at radius 1 is 1.43 bits per heavy atom. The van der Waals surface area contributed by atoms with Crippen molar-refractivity contribution in [2.24, 2.45) is 4.99 Å². The number of ether oxygens (including phenoxy) is 1. The number of carbonyl (C=O) groups excluding carboxylic acids is 2. The second-order valence-corrected chi connectivity index (χ2v) is 6.01. The van der Waals surface area contributed by atoms with Crippen LogP contribution < -0.4 is 15.3 Å². The molecule has 0 N–H and O–H groups in total. The third kappa shape index (κ3) is 2.76. The fourth-order valence-corrected chi connectivity index (χ4v) is 3.43. The van der Waals surface area contributed by atoms with Crippen LogP contribution >= 0.6 is 0 Å². The lowest BCUT2D eigenvalue weighted by atomic mass is 9.97. The van der Waals surface area contributed by atoms with Crippen LogP contribution in [0.15, 0.2) is 17.1 Å².